The number of nitrogens with zero attached hydrogens (tertiary/aromatic N) is 1. The molecule has 5 heteroatoms. The molecule has 0 aromatic rings. The van der Waals surface area contributed by atoms with Crippen LogP contribution in [0.2, 0.25) is 0 Å². The van der Waals surface area contributed by atoms with Gasteiger partial charge in [-0.2, -0.15) is 0 Å². The molecule has 78 valence electrons. The molecule has 0 aromatic carbocycles. The minimum absolute atomic E-state index is 0.247. The van der Waals surface area contributed by atoms with Gasteiger partial charge in [0, 0.05) is 25.4 Å². The van der Waals surface area contributed by atoms with Crippen molar-refractivity contribution >= 4 is 9.84 Å². The second-order valence-corrected chi connectivity index (χ2v) is 5.66. The SMILES string of the molecule is CCS(=O)(=O)CCN1CCOCC1. The lowest BCUT2D eigenvalue weighted by Crippen LogP contribution is -2.39. The van der Waals surface area contributed by atoms with Gasteiger partial charge in [-0.25, -0.2) is 8.42 Å². The van der Waals surface area contributed by atoms with Crippen LogP contribution in [0.5, 0.6) is 0 Å². The summed E-state index contributed by atoms with van der Waals surface area (Å²) >= 11 is 0. The Bertz CT molecular complexity index is 232. The van der Waals surface area contributed by atoms with Crippen molar-refractivity contribution in [2.24, 2.45) is 0 Å². The van der Waals surface area contributed by atoms with Crippen molar-refractivity contribution in [1.29, 1.82) is 0 Å². The molecule has 13 heavy (non-hydrogen) atoms. The molecule has 0 spiro atoms. The molecule has 1 fully saturated rings. The van der Waals surface area contributed by atoms with E-state index >= 15 is 0 Å². The van der Waals surface area contributed by atoms with E-state index in [0.29, 0.717) is 6.54 Å². The van der Waals surface area contributed by atoms with Gasteiger partial charge in [0.25, 0.3) is 0 Å². The van der Waals surface area contributed by atoms with Gasteiger partial charge in [0.15, 0.2) is 9.84 Å². The Morgan fingerprint density at radius 1 is 1.31 bits per heavy atom. The standard InChI is InChI=1S/C8H17NO3S/c1-2-13(10,11)8-5-9-3-6-12-7-4-9/h2-8H2,1H3. The van der Waals surface area contributed by atoms with E-state index in [9.17, 15) is 8.42 Å². The summed E-state index contributed by atoms with van der Waals surface area (Å²) < 4.78 is 27.5. The largest absolute Gasteiger partial charge is 0.379 e. The predicted molar refractivity (Wildman–Crippen MR) is 51.6 cm³/mol. The third kappa shape index (κ3) is 4.06. The Morgan fingerprint density at radius 2 is 1.92 bits per heavy atom. The first-order chi connectivity index (χ1) is 6.14. The minimum atomic E-state index is -2.80. The number of morpholine rings is 1. The highest BCUT2D eigenvalue weighted by Gasteiger charge is 2.13. The molecular formula is C8H17NO3S. The van der Waals surface area contributed by atoms with Crippen LogP contribution in [0.15, 0.2) is 0 Å². The van der Waals surface area contributed by atoms with Crippen molar-refractivity contribution in [2.75, 3.05) is 44.4 Å². The van der Waals surface area contributed by atoms with E-state index in [0.717, 1.165) is 26.3 Å². The highest BCUT2D eigenvalue weighted by Crippen LogP contribution is 1.98. The van der Waals surface area contributed by atoms with Crippen molar-refractivity contribution in [1.82, 2.24) is 4.90 Å². The first-order valence-corrected chi connectivity index (χ1v) is 6.47. The first-order valence-electron chi connectivity index (χ1n) is 4.64. The third-order valence-corrected chi connectivity index (χ3v) is 3.95. The van der Waals surface area contributed by atoms with Crippen LogP contribution >= 0.6 is 0 Å². The highest BCUT2D eigenvalue weighted by atomic mass is 32.2. The summed E-state index contributed by atoms with van der Waals surface area (Å²) in [5.74, 6) is 0.529. The number of ether oxygens (including phenoxy) is 1. The zero-order valence-electron chi connectivity index (χ0n) is 8.03. The van der Waals surface area contributed by atoms with Crippen molar-refractivity contribution in [3.63, 3.8) is 0 Å². The first kappa shape index (κ1) is 10.9. The summed E-state index contributed by atoms with van der Waals surface area (Å²) in [5, 5.41) is 0. The summed E-state index contributed by atoms with van der Waals surface area (Å²) in [6, 6.07) is 0. The molecule has 0 aliphatic carbocycles. The summed E-state index contributed by atoms with van der Waals surface area (Å²) in [7, 11) is -2.80. The smallest absolute Gasteiger partial charge is 0.151 e. The van der Waals surface area contributed by atoms with Gasteiger partial charge in [-0.1, -0.05) is 6.92 Å². The molecule has 0 unspecified atom stereocenters. The van der Waals surface area contributed by atoms with E-state index in [-0.39, 0.29) is 11.5 Å². The quantitative estimate of drug-likeness (QED) is 0.638. The average Bonchev–Trinajstić information content (AvgIpc) is 2.17. The van der Waals surface area contributed by atoms with Gasteiger partial charge in [0.05, 0.1) is 19.0 Å². The molecule has 0 amide bonds. The van der Waals surface area contributed by atoms with Crippen molar-refractivity contribution in [2.45, 2.75) is 6.92 Å². The van der Waals surface area contributed by atoms with Crippen LogP contribution in [0.3, 0.4) is 0 Å². The van der Waals surface area contributed by atoms with Crippen LogP contribution in [0.4, 0.5) is 0 Å². The second kappa shape index (κ2) is 4.93. The van der Waals surface area contributed by atoms with E-state index < -0.39 is 9.84 Å². The van der Waals surface area contributed by atoms with E-state index in [2.05, 4.69) is 4.90 Å². The normalized spacial score (nSPS) is 20.4. The van der Waals surface area contributed by atoms with Gasteiger partial charge in [0.1, 0.15) is 0 Å². The molecule has 0 N–H and O–H groups in total. The molecule has 1 heterocycles. The molecule has 4 nitrogen and oxygen atoms in total. The van der Waals surface area contributed by atoms with Crippen LogP contribution in [0, 0.1) is 0 Å². The average molecular weight is 207 g/mol. The van der Waals surface area contributed by atoms with Crippen molar-refractivity contribution < 1.29 is 13.2 Å². The van der Waals surface area contributed by atoms with Gasteiger partial charge < -0.3 is 4.74 Å². The Hall–Kier alpha value is -0.130. The predicted octanol–water partition coefficient (Wildman–Crippen LogP) is -0.247. The van der Waals surface area contributed by atoms with Crippen LogP contribution in [0.25, 0.3) is 0 Å². The van der Waals surface area contributed by atoms with E-state index in [4.69, 9.17) is 4.74 Å². The molecule has 1 saturated heterocycles. The van der Waals surface area contributed by atoms with Crippen LogP contribution in [0.1, 0.15) is 6.92 Å². The monoisotopic (exact) mass is 207 g/mol. The Balaban J connectivity index is 2.25. The summed E-state index contributed by atoms with van der Waals surface area (Å²) in [4.78, 5) is 2.14. The molecule has 0 aromatic heterocycles. The maximum absolute atomic E-state index is 11.2. The maximum Gasteiger partial charge on any atom is 0.151 e. The van der Waals surface area contributed by atoms with Crippen LogP contribution in [-0.4, -0.2) is 57.7 Å². The lowest BCUT2D eigenvalue weighted by atomic mass is 10.4. The minimum Gasteiger partial charge on any atom is -0.379 e. The molecule has 0 bridgehead atoms. The van der Waals surface area contributed by atoms with E-state index in [1.54, 1.807) is 6.92 Å². The van der Waals surface area contributed by atoms with Crippen LogP contribution < -0.4 is 0 Å². The number of rotatable bonds is 4. The van der Waals surface area contributed by atoms with Crippen LogP contribution in [-0.2, 0) is 14.6 Å². The molecule has 0 atom stereocenters. The maximum atomic E-state index is 11.2. The Kier molecular flexibility index (Phi) is 4.15. The summed E-state index contributed by atoms with van der Waals surface area (Å²) in [6.07, 6.45) is 0. The molecule has 0 saturated carbocycles. The second-order valence-electron chi connectivity index (χ2n) is 3.19. The third-order valence-electron chi connectivity index (χ3n) is 2.26. The Labute approximate surface area is 79.8 Å². The highest BCUT2D eigenvalue weighted by molar-refractivity contribution is 7.91. The molecule has 1 aliphatic rings. The van der Waals surface area contributed by atoms with Gasteiger partial charge >= 0.3 is 0 Å². The molecule has 1 rings (SSSR count). The van der Waals surface area contributed by atoms with Gasteiger partial charge in [-0.15, -0.1) is 0 Å². The molecule has 1 aliphatic heterocycles. The van der Waals surface area contributed by atoms with Crippen molar-refractivity contribution in [3.8, 4) is 0 Å². The number of hydrogen-bond acceptors (Lipinski definition) is 4. The molecule has 0 radical (unpaired) electrons. The van der Waals surface area contributed by atoms with Gasteiger partial charge in [0.2, 0.25) is 0 Å². The fraction of sp³-hybridized carbons (Fsp3) is 1.00. The van der Waals surface area contributed by atoms with Gasteiger partial charge in [-0.3, -0.25) is 4.90 Å². The summed E-state index contributed by atoms with van der Waals surface area (Å²) in [5.41, 5.74) is 0. The van der Waals surface area contributed by atoms with E-state index in [1.807, 2.05) is 0 Å². The fourth-order valence-electron chi connectivity index (χ4n) is 1.24. The van der Waals surface area contributed by atoms with Crippen molar-refractivity contribution in [3.05, 3.63) is 0 Å². The number of hydrogen-bond donors (Lipinski definition) is 0. The Morgan fingerprint density at radius 3 is 2.46 bits per heavy atom. The zero-order valence-corrected chi connectivity index (χ0v) is 8.85. The lowest BCUT2D eigenvalue weighted by Gasteiger charge is -2.26. The topological polar surface area (TPSA) is 46.6 Å². The summed E-state index contributed by atoms with van der Waals surface area (Å²) in [6.45, 7) is 5.52. The fourth-order valence-corrected chi connectivity index (χ4v) is 2.06. The number of sulfone groups is 1. The van der Waals surface area contributed by atoms with Gasteiger partial charge in [-0.05, 0) is 0 Å². The lowest BCUT2D eigenvalue weighted by molar-refractivity contribution is 0.0408. The molecular weight excluding hydrogens is 190 g/mol. The van der Waals surface area contributed by atoms with E-state index in [1.165, 1.54) is 0 Å². The zero-order chi connectivity index (χ0) is 9.73.